The van der Waals surface area contributed by atoms with E-state index >= 15 is 0 Å². The van der Waals surface area contributed by atoms with Crippen molar-refractivity contribution >= 4 is 41.3 Å². The summed E-state index contributed by atoms with van der Waals surface area (Å²) in [4.78, 5) is 35.3. The van der Waals surface area contributed by atoms with Gasteiger partial charge in [-0.25, -0.2) is 0 Å². The number of carbonyl (C=O) groups is 3. The lowest BCUT2D eigenvalue weighted by Gasteiger charge is -2.10. The van der Waals surface area contributed by atoms with Gasteiger partial charge in [0.05, 0.1) is 5.69 Å². The first kappa shape index (κ1) is 18.3. The molecule has 0 unspecified atom stereocenters. The summed E-state index contributed by atoms with van der Waals surface area (Å²) in [5.41, 5.74) is 7.28. The van der Waals surface area contributed by atoms with Crippen molar-refractivity contribution in [2.45, 2.75) is 32.4 Å². The van der Waals surface area contributed by atoms with E-state index in [0.717, 1.165) is 29.7 Å². The van der Waals surface area contributed by atoms with Gasteiger partial charge in [0.1, 0.15) is 6.54 Å². The van der Waals surface area contributed by atoms with Gasteiger partial charge in [0.15, 0.2) is 3.95 Å². The third kappa shape index (κ3) is 4.55. The maximum Gasteiger partial charge on any atom is 0.327 e. The lowest BCUT2D eigenvalue weighted by atomic mass is 10.1. The largest absolute Gasteiger partial charge is 0.345 e. The minimum absolute atomic E-state index is 0.0595. The number of thiazole rings is 1. The number of hydrogen-bond acceptors (Lipinski definition) is 5. The minimum atomic E-state index is -0.891. The third-order valence-electron chi connectivity index (χ3n) is 3.87. The number of rotatable bonds is 4. The molecule has 0 aliphatic heterocycles. The minimum Gasteiger partial charge on any atom is -0.345 e. The predicted molar refractivity (Wildman–Crippen MR) is 101 cm³/mol. The Bertz CT molecular complexity index is 897. The fourth-order valence-corrected chi connectivity index (χ4v) is 3.35. The van der Waals surface area contributed by atoms with E-state index in [0.29, 0.717) is 3.95 Å². The molecule has 1 fully saturated rings. The summed E-state index contributed by atoms with van der Waals surface area (Å²) in [5, 5.41) is 4.44. The molecule has 26 heavy (non-hydrogen) atoms. The summed E-state index contributed by atoms with van der Waals surface area (Å²) in [6, 6.07) is 7.97. The first-order valence-corrected chi connectivity index (χ1v) is 9.38. The molecule has 1 saturated carbocycles. The summed E-state index contributed by atoms with van der Waals surface area (Å²) in [7, 11) is 0. The molecule has 3 N–H and O–H groups in total. The van der Waals surface area contributed by atoms with Gasteiger partial charge in [0.25, 0.3) is 5.91 Å². The molecule has 1 heterocycles. The molecule has 3 amide bonds. The molecule has 0 radical (unpaired) electrons. The van der Waals surface area contributed by atoms with E-state index in [2.05, 4.69) is 16.2 Å². The van der Waals surface area contributed by atoms with E-state index in [1.807, 2.05) is 36.6 Å². The molecule has 0 bridgehead atoms. The standard InChI is InChI=1S/C17H18N4O3S2/c1-10-2-4-11(5-3-10)13-9-26-17(25)21(13)8-14(22)19-20-16(24)15(23)18-12-6-7-12/h2-5,9,12H,6-8H2,1H3,(H,18,23)(H,19,22)(H,20,24). The molecule has 0 saturated heterocycles. The molecule has 136 valence electrons. The van der Waals surface area contributed by atoms with Crippen molar-refractivity contribution in [3.63, 3.8) is 0 Å². The summed E-state index contributed by atoms with van der Waals surface area (Å²) >= 11 is 6.66. The van der Waals surface area contributed by atoms with Crippen LogP contribution < -0.4 is 16.2 Å². The van der Waals surface area contributed by atoms with Crippen LogP contribution in [-0.4, -0.2) is 28.3 Å². The highest BCUT2D eigenvalue weighted by Crippen LogP contribution is 2.24. The number of aryl methyl sites for hydroxylation is 1. The maximum absolute atomic E-state index is 12.1. The molecule has 2 aromatic rings. The number of hydrogen-bond donors (Lipinski definition) is 3. The Balaban J connectivity index is 1.61. The van der Waals surface area contributed by atoms with E-state index in [1.54, 1.807) is 4.57 Å². The van der Waals surface area contributed by atoms with Gasteiger partial charge in [-0.1, -0.05) is 29.8 Å². The van der Waals surface area contributed by atoms with Crippen LogP contribution >= 0.6 is 23.6 Å². The molecule has 3 rings (SSSR count). The fourth-order valence-electron chi connectivity index (χ4n) is 2.27. The summed E-state index contributed by atoms with van der Waals surface area (Å²) < 4.78 is 2.24. The number of nitrogens with zero attached hydrogens (tertiary/aromatic N) is 1. The Morgan fingerprint density at radius 2 is 1.85 bits per heavy atom. The van der Waals surface area contributed by atoms with Crippen LogP contribution in [0.1, 0.15) is 18.4 Å². The summed E-state index contributed by atoms with van der Waals surface area (Å²) in [6.45, 7) is 1.94. The third-order valence-corrected chi connectivity index (χ3v) is 5.14. The van der Waals surface area contributed by atoms with Gasteiger partial charge in [0, 0.05) is 11.4 Å². The van der Waals surface area contributed by atoms with Crippen LogP contribution in [0.25, 0.3) is 11.3 Å². The van der Waals surface area contributed by atoms with Crippen molar-refractivity contribution in [2.75, 3.05) is 0 Å². The number of benzene rings is 1. The van der Waals surface area contributed by atoms with Gasteiger partial charge in [0.2, 0.25) is 0 Å². The lowest BCUT2D eigenvalue weighted by molar-refractivity contribution is -0.141. The monoisotopic (exact) mass is 390 g/mol. The normalized spacial score (nSPS) is 13.1. The first-order chi connectivity index (χ1) is 12.4. The SMILES string of the molecule is Cc1ccc(-c2csc(=S)n2CC(=O)NNC(=O)C(=O)NC2CC2)cc1. The molecule has 1 aliphatic rings. The molecule has 0 spiro atoms. The van der Waals surface area contributed by atoms with Gasteiger partial charge in [-0.05, 0) is 37.5 Å². The molecular formula is C17H18N4O3S2. The van der Waals surface area contributed by atoms with E-state index in [4.69, 9.17) is 12.2 Å². The Kier molecular flexibility index (Phi) is 5.48. The average molecular weight is 390 g/mol. The highest BCUT2D eigenvalue weighted by molar-refractivity contribution is 7.73. The highest BCUT2D eigenvalue weighted by Gasteiger charge is 2.26. The van der Waals surface area contributed by atoms with Crippen molar-refractivity contribution in [3.05, 3.63) is 39.2 Å². The van der Waals surface area contributed by atoms with E-state index in [9.17, 15) is 14.4 Å². The van der Waals surface area contributed by atoms with Crippen molar-refractivity contribution in [1.29, 1.82) is 0 Å². The number of hydrazine groups is 1. The van der Waals surface area contributed by atoms with Gasteiger partial charge in [-0.3, -0.25) is 25.2 Å². The Morgan fingerprint density at radius 1 is 1.15 bits per heavy atom. The second-order valence-corrected chi connectivity index (χ2v) is 7.59. The Morgan fingerprint density at radius 3 is 2.50 bits per heavy atom. The van der Waals surface area contributed by atoms with Gasteiger partial charge in [-0.15, -0.1) is 11.3 Å². The van der Waals surface area contributed by atoms with Crippen LogP contribution in [0.15, 0.2) is 29.6 Å². The van der Waals surface area contributed by atoms with Crippen LogP contribution in [0.4, 0.5) is 0 Å². The van der Waals surface area contributed by atoms with E-state index in [1.165, 1.54) is 11.3 Å². The lowest BCUT2D eigenvalue weighted by Crippen LogP contribution is -2.49. The second-order valence-electron chi connectivity index (χ2n) is 6.09. The van der Waals surface area contributed by atoms with Crippen LogP contribution in [0.2, 0.25) is 0 Å². The van der Waals surface area contributed by atoms with E-state index in [-0.39, 0.29) is 12.6 Å². The zero-order valence-electron chi connectivity index (χ0n) is 14.1. The number of aromatic nitrogens is 1. The van der Waals surface area contributed by atoms with Gasteiger partial charge >= 0.3 is 11.8 Å². The zero-order chi connectivity index (χ0) is 18.7. The van der Waals surface area contributed by atoms with E-state index < -0.39 is 17.7 Å². The van der Waals surface area contributed by atoms with Crippen LogP contribution in [0.3, 0.4) is 0 Å². The van der Waals surface area contributed by atoms with Gasteiger partial charge < -0.3 is 9.88 Å². The zero-order valence-corrected chi connectivity index (χ0v) is 15.7. The van der Waals surface area contributed by atoms with Crippen molar-refractivity contribution < 1.29 is 14.4 Å². The average Bonchev–Trinajstić information content (AvgIpc) is 3.36. The molecule has 9 heteroatoms. The summed E-state index contributed by atoms with van der Waals surface area (Å²) in [5.74, 6) is -2.11. The van der Waals surface area contributed by atoms with Crippen LogP contribution in [0.5, 0.6) is 0 Å². The van der Waals surface area contributed by atoms with Gasteiger partial charge in [-0.2, -0.15) is 0 Å². The maximum atomic E-state index is 12.1. The second kappa shape index (κ2) is 7.79. The fraction of sp³-hybridized carbons (Fsp3) is 0.294. The van der Waals surface area contributed by atoms with Crippen LogP contribution in [0, 0.1) is 10.9 Å². The van der Waals surface area contributed by atoms with Crippen molar-refractivity contribution in [2.24, 2.45) is 0 Å². The highest BCUT2D eigenvalue weighted by atomic mass is 32.1. The quantitative estimate of drug-likeness (QED) is 0.421. The van der Waals surface area contributed by atoms with Crippen molar-refractivity contribution in [3.8, 4) is 11.3 Å². The predicted octanol–water partition coefficient (Wildman–Crippen LogP) is 1.68. The molecule has 1 aromatic carbocycles. The first-order valence-electron chi connectivity index (χ1n) is 8.09. The molecule has 1 aromatic heterocycles. The topological polar surface area (TPSA) is 92.2 Å². The summed E-state index contributed by atoms with van der Waals surface area (Å²) in [6.07, 6.45) is 1.76. The van der Waals surface area contributed by atoms with Crippen molar-refractivity contribution in [1.82, 2.24) is 20.7 Å². The molecule has 0 atom stereocenters. The molecular weight excluding hydrogens is 372 g/mol. The number of carbonyl (C=O) groups excluding carboxylic acids is 3. The number of nitrogens with one attached hydrogen (secondary N) is 3. The Labute approximate surface area is 159 Å². The smallest absolute Gasteiger partial charge is 0.327 e. The van der Waals surface area contributed by atoms with Crippen LogP contribution in [-0.2, 0) is 20.9 Å². The molecule has 7 nitrogen and oxygen atoms in total. The number of amides is 3. The Hall–Kier alpha value is -2.52. The molecule has 1 aliphatic carbocycles.